The van der Waals surface area contributed by atoms with Crippen molar-refractivity contribution in [3.05, 3.63) is 64.4 Å². The summed E-state index contributed by atoms with van der Waals surface area (Å²) in [5.41, 5.74) is 1.63. The third-order valence-electron chi connectivity index (χ3n) is 5.00. The van der Waals surface area contributed by atoms with Crippen LogP contribution in [0.5, 0.6) is 11.5 Å². The Balaban J connectivity index is 1.73. The molecular formula is C24H19Cl2N3O5. The van der Waals surface area contributed by atoms with Crippen molar-refractivity contribution in [2.75, 3.05) is 32.8 Å². The van der Waals surface area contributed by atoms with E-state index < -0.39 is 0 Å². The van der Waals surface area contributed by atoms with E-state index in [1.54, 1.807) is 31.4 Å². The van der Waals surface area contributed by atoms with Gasteiger partial charge in [-0.2, -0.15) is 0 Å². The fourth-order valence-electron chi connectivity index (χ4n) is 3.38. The van der Waals surface area contributed by atoms with Gasteiger partial charge in [-0.15, -0.1) is 0 Å². The molecule has 34 heavy (non-hydrogen) atoms. The second-order valence-electron chi connectivity index (χ2n) is 7.19. The van der Waals surface area contributed by atoms with Gasteiger partial charge in [0.2, 0.25) is 0 Å². The maximum Gasteiger partial charge on any atom is 0.186 e. The molecule has 0 amide bonds. The van der Waals surface area contributed by atoms with Gasteiger partial charge < -0.3 is 19.5 Å². The Labute approximate surface area is 205 Å². The Morgan fingerprint density at radius 1 is 0.971 bits per heavy atom. The number of ether oxygens (including phenoxy) is 3. The van der Waals surface area contributed by atoms with Crippen LogP contribution in [-0.2, 0) is 14.3 Å². The van der Waals surface area contributed by atoms with E-state index in [0.29, 0.717) is 52.7 Å². The lowest BCUT2D eigenvalue weighted by molar-refractivity contribution is -0.113. The molecule has 8 nitrogen and oxygen atoms in total. The van der Waals surface area contributed by atoms with Crippen molar-refractivity contribution >= 4 is 62.7 Å². The maximum absolute atomic E-state index is 12.4. The Kier molecular flexibility index (Phi) is 7.12. The predicted octanol–water partition coefficient (Wildman–Crippen LogP) is 4.81. The molecule has 1 aliphatic carbocycles. The van der Waals surface area contributed by atoms with Crippen LogP contribution in [0.2, 0.25) is 10.0 Å². The second-order valence-corrected chi connectivity index (χ2v) is 7.97. The molecule has 1 N–H and O–H groups in total. The molecule has 0 saturated carbocycles. The number of methoxy groups -OCH3 is 2. The fraction of sp³-hybridized carbons (Fsp3) is 0.167. The molecule has 0 atom stereocenters. The molecule has 10 heteroatoms. The minimum atomic E-state index is -0.340. The van der Waals surface area contributed by atoms with Crippen molar-refractivity contribution in [1.29, 1.82) is 0 Å². The lowest BCUT2D eigenvalue weighted by Gasteiger charge is -2.15. The van der Waals surface area contributed by atoms with Gasteiger partial charge in [-0.05, 0) is 36.4 Å². The van der Waals surface area contributed by atoms with E-state index in [0.717, 1.165) is 0 Å². The Hall–Kier alpha value is -3.46. The minimum absolute atomic E-state index is 0.162. The highest BCUT2D eigenvalue weighted by atomic mass is 35.5. The number of anilines is 2. The standard InChI is InChI=1S/C24H19Cl2N3O5/c1-32-5-6-34-22-11-19-17(10-21(22)33-2)24(28-12-27-19)29-13-7-16(23(26)18(25)8-13)15-9-14(30)3-4-20(15)31/h3-4,7-12H,5-6H2,1-2H3,(H,27,28,29). The summed E-state index contributed by atoms with van der Waals surface area (Å²) in [4.78, 5) is 32.9. The van der Waals surface area contributed by atoms with Gasteiger partial charge in [0.25, 0.3) is 0 Å². The number of aromatic nitrogens is 2. The first-order valence-electron chi connectivity index (χ1n) is 10.1. The van der Waals surface area contributed by atoms with E-state index >= 15 is 0 Å². The van der Waals surface area contributed by atoms with Crippen molar-refractivity contribution < 1.29 is 23.8 Å². The van der Waals surface area contributed by atoms with E-state index in [1.807, 2.05) is 0 Å². The van der Waals surface area contributed by atoms with Gasteiger partial charge in [-0.1, -0.05) is 23.2 Å². The Morgan fingerprint density at radius 3 is 2.56 bits per heavy atom. The molecular weight excluding hydrogens is 481 g/mol. The third-order valence-corrected chi connectivity index (χ3v) is 5.80. The SMILES string of the molecule is COCCOc1cc2ncnc(Nc3cc(Cl)c(Cl)c(C4=CC(=O)C=CC4=O)c3)c2cc1OC. The Morgan fingerprint density at radius 2 is 1.79 bits per heavy atom. The summed E-state index contributed by atoms with van der Waals surface area (Å²) in [5.74, 6) is 0.843. The number of nitrogens with zero attached hydrogens (tertiary/aromatic N) is 2. The molecule has 0 saturated heterocycles. The molecule has 174 valence electrons. The number of nitrogens with one attached hydrogen (secondary N) is 1. The highest BCUT2D eigenvalue weighted by molar-refractivity contribution is 6.45. The van der Waals surface area contributed by atoms with Crippen molar-refractivity contribution in [2.45, 2.75) is 0 Å². The van der Waals surface area contributed by atoms with E-state index in [1.165, 1.54) is 31.7 Å². The van der Waals surface area contributed by atoms with Crippen LogP contribution in [0.3, 0.4) is 0 Å². The molecule has 3 aromatic rings. The Bertz CT molecular complexity index is 1350. The summed E-state index contributed by atoms with van der Waals surface area (Å²) >= 11 is 12.7. The van der Waals surface area contributed by atoms with Crippen molar-refractivity contribution in [2.24, 2.45) is 0 Å². The van der Waals surface area contributed by atoms with Crippen LogP contribution in [0.25, 0.3) is 16.5 Å². The van der Waals surface area contributed by atoms with Crippen molar-refractivity contribution in [1.82, 2.24) is 9.97 Å². The largest absolute Gasteiger partial charge is 0.493 e. The monoisotopic (exact) mass is 499 g/mol. The van der Waals surface area contributed by atoms with Gasteiger partial charge in [-0.3, -0.25) is 9.59 Å². The zero-order valence-corrected chi connectivity index (χ0v) is 19.7. The second kappa shape index (κ2) is 10.2. The molecule has 1 aromatic heterocycles. The summed E-state index contributed by atoms with van der Waals surface area (Å²) in [7, 11) is 3.13. The molecule has 0 spiro atoms. The smallest absolute Gasteiger partial charge is 0.186 e. The first-order valence-corrected chi connectivity index (χ1v) is 10.9. The number of hydrogen-bond acceptors (Lipinski definition) is 8. The predicted molar refractivity (Wildman–Crippen MR) is 130 cm³/mol. The van der Waals surface area contributed by atoms with Gasteiger partial charge >= 0.3 is 0 Å². The summed E-state index contributed by atoms with van der Waals surface area (Å²) in [5, 5.41) is 4.23. The first kappa shape index (κ1) is 23.7. The van der Waals surface area contributed by atoms with Crippen LogP contribution >= 0.6 is 23.2 Å². The number of benzene rings is 2. The van der Waals surface area contributed by atoms with Crippen molar-refractivity contribution in [3.8, 4) is 11.5 Å². The lowest BCUT2D eigenvalue weighted by Crippen LogP contribution is -2.08. The summed E-state index contributed by atoms with van der Waals surface area (Å²) in [6, 6.07) is 6.75. The van der Waals surface area contributed by atoms with Crippen LogP contribution in [-0.4, -0.2) is 49.0 Å². The minimum Gasteiger partial charge on any atom is -0.493 e. The summed E-state index contributed by atoms with van der Waals surface area (Å²) in [6.07, 6.45) is 5.06. The van der Waals surface area contributed by atoms with Gasteiger partial charge in [0, 0.05) is 35.4 Å². The van der Waals surface area contributed by atoms with E-state index in [4.69, 9.17) is 37.4 Å². The lowest BCUT2D eigenvalue weighted by atomic mass is 9.96. The molecule has 0 radical (unpaired) electrons. The highest BCUT2D eigenvalue weighted by Crippen LogP contribution is 2.38. The first-order chi connectivity index (χ1) is 16.4. The third kappa shape index (κ3) is 4.89. The molecule has 0 bridgehead atoms. The average Bonchev–Trinajstić information content (AvgIpc) is 2.83. The number of rotatable bonds is 8. The van der Waals surface area contributed by atoms with Crippen LogP contribution in [0, 0.1) is 0 Å². The quantitative estimate of drug-likeness (QED) is 0.348. The van der Waals surface area contributed by atoms with E-state index in [9.17, 15) is 9.59 Å². The number of carbonyl (C=O) groups is 2. The van der Waals surface area contributed by atoms with Crippen LogP contribution < -0.4 is 14.8 Å². The van der Waals surface area contributed by atoms with Crippen LogP contribution in [0.15, 0.2) is 48.8 Å². The van der Waals surface area contributed by atoms with Gasteiger partial charge in [0.05, 0.1) is 29.3 Å². The zero-order chi connectivity index (χ0) is 24.2. The molecule has 0 fully saturated rings. The number of fused-ring (bicyclic) bond motifs is 1. The van der Waals surface area contributed by atoms with Gasteiger partial charge in [-0.25, -0.2) is 9.97 Å². The molecule has 1 aliphatic rings. The number of halogens is 2. The van der Waals surface area contributed by atoms with E-state index in [-0.39, 0.29) is 27.2 Å². The molecule has 2 aromatic carbocycles. The summed E-state index contributed by atoms with van der Waals surface area (Å²) < 4.78 is 16.2. The number of allylic oxidation sites excluding steroid dienone is 4. The molecule has 0 unspecified atom stereocenters. The number of ketones is 2. The van der Waals surface area contributed by atoms with Crippen LogP contribution in [0.1, 0.15) is 5.56 Å². The summed E-state index contributed by atoms with van der Waals surface area (Å²) in [6.45, 7) is 0.782. The van der Waals surface area contributed by atoms with Gasteiger partial charge in [0.1, 0.15) is 18.8 Å². The number of carbonyl (C=O) groups excluding carboxylic acids is 2. The molecule has 4 rings (SSSR count). The van der Waals surface area contributed by atoms with Crippen LogP contribution in [0.4, 0.5) is 11.5 Å². The fourth-order valence-corrected chi connectivity index (χ4v) is 3.81. The normalized spacial score (nSPS) is 13.2. The maximum atomic E-state index is 12.4. The highest BCUT2D eigenvalue weighted by Gasteiger charge is 2.20. The molecule has 0 aliphatic heterocycles. The number of hydrogen-bond donors (Lipinski definition) is 1. The van der Waals surface area contributed by atoms with Crippen molar-refractivity contribution in [3.63, 3.8) is 0 Å². The van der Waals surface area contributed by atoms with Gasteiger partial charge in [0.15, 0.2) is 23.1 Å². The topological polar surface area (TPSA) is 99.6 Å². The van der Waals surface area contributed by atoms with E-state index in [2.05, 4.69) is 15.3 Å². The zero-order valence-electron chi connectivity index (χ0n) is 18.2. The molecule has 1 heterocycles. The average molecular weight is 500 g/mol.